The molecule has 0 bridgehead atoms. The first-order valence-corrected chi connectivity index (χ1v) is 9.97. The summed E-state index contributed by atoms with van der Waals surface area (Å²) in [5.74, 6) is -0.414. The second-order valence-electron chi connectivity index (χ2n) is 7.46. The quantitative estimate of drug-likeness (QED) is 0.594. The van der Waals surface area contributed by atoms with Crippen molar-refractivity contribution in [2.24, 2.45) is 0 Å². The fourth-order valence-corrected chi connectivity index (χ4v) is 4.06. The van der Waals surface area contributed by atoms with Crippen LogP contribution in [0.4, 0.5) is 4.39 Å². The van der Waals surface area contributed by atoms with E-state index in [0.717, 1.165) is 57.0 Å². The molecule has 1 fully saturated rings. The van der Waals surface area contributed by atoms with E-state index in [1.165, 1.54) is 24.3 Å². The number of morpholine rings is 1. The molecule has 1 aromatic heterocycles. The molecule has 0 aliphatic carbocycles. The fourth-order valence-electron chi connectivity index (χ4n) is 4.06. The SMILES string of the molecule is Cc1c(C(=O)c2ccc(O)cc2)c2cc(F)ccc2n1CCCN1CCOCC1.Cl. The number of ketones is 1. The Bertz CT molecular complexity index is 1030. The number of hydrogen-bond donors (Lipinski definition) is 1. The maximum absolute atomic E-state index is 14.0. The number of hydrogen-bond acceptors (Lipinski definition) is 4. The minimum atomic E-state index is -0.359. The number of aromatic hydroxyl groups is 1. The standard InChI is InChI=1S/C23H25FN2O3.ClH/c1-16-22(23(28)17-3-6-19(27)7-4-17)20-15-18(24)5-8-21(20)26(16)10-2-9-25-11-13-29-14-12-25;/h3-8,15,27H,2,9-14H2,1H3;1H. The number of carbonyl (C=O) groups excluding carboxylic acids is 1. The van der Waals surface area contributed by atoms with Gasteiger partial charge in [-0.05, 0) is 55.8 Å². The Morgan fingerprint density at radius 2 is 1.80 bits per heavy atom. The summed E-state index contributed by atoms with van der Waals surface area (Å²) in [5.41, 5.74) is 2.71. The van der Waals surface area contributed by atoms with Crippen molar-refractivity contribution in [2.45, 2.75) is 19.9 Å². The summed E-state index contributed by atoms with van der Waals surface area (Å²) >= 11 is 0. The number of aromatic nitrogens is 1. The first-order chi connectivity index (χ1) is 14.0. The maximum Gasteiger partial charge on any atom is 0.195 e. The number of benzene rings is 2. The largest absolute Gasteiger partial charge is 0.508 e. The van der Waals surface area contributed by atoms with Crippen LogP contribution in [0.1, 0.15) is 28.0 Å². The average molecular weight is 433 g/mol. The molecule has 30 heavy (non-hydrogen) atoms. The molecular formula is C23H26ClFN2O3. The van der Waals surface area contributed by atoms with E-state index in [1.807, 2.05) is 6.92 Å². The van der Waals surface area contributed by atoms with Crippen molar-refractivity contribution < 1.29 is 19.0 Å². The molecule has 0 saturated carbocycles. The van der Waals surface area contributed by atoms with Gasteiger partial charge in [0.2, 0.25) is 0 Å². The maximum atomic E-state index is 14.0. The highest BCUT2D eigenvalue weighted by molar-refractivity contribution is 6.17. The molecule has 7 heteroatoms. The van der Waals surface area contributed by atoms with E-state index in [9.17, 15) is 14.3 Å². The highest BCUT2D eigenvalue weighted by atomic mass is 35.5. The van der Waals surface area contributed by atoms with Crippen LogP contribution in [0.2, 0.25) is 0 Å². The Morgan fingerprint density at radius 3 is 2.50 bits per heavy atom. The van der Waals surface area contributed by atoms with Gasteiger partial charge in [0.05, 0.1) is 18.8 Å². The molecule has 4 rings (SSSR count). The number of nitrogens with zero attached hydrogens (tertiary/aromatic N) is 2. The van der Waals surface area contributed by atoms with E-state index in [1.54, 1.807) is 18.2 Å². The Hall–Kier alpha value is -2.41. The zero-order chi connectivity index (χ0) is 20.4. The van der Waals surface area contributed by atoms with E-state index in [-0.39, 0.29) is 29.8 Å². The topological polar surface area (TPSA) is 54.7 Å². The first kappa shape index (κ1) is 22.3. The predicted octanol–water partition coefficient (Wildman–Crippen LogP) is 4.17. The minimum Gasteiger partial charge on any atom is -0.508 e. The van der Waals surface area contributed by atoms with Crippen LogP contribution in [0.3, 0.4) is 0 Å². The number of fused-ring (bicyclic) bond motifs is 1. The zero-order valence-electron chi connectivity index (χ0n) is 16.9. The van der Waals surface area contributed by atoms with Gasteiger partial charge in [0.1, 0.15) is 11.6 Å². The summed E-state index contributed by atoms with van der Waals surface area (Å²) in [7, 11) is 0. The normalized spacial score (nSPS) is 14.6. The van der Waals surface area contributed by atoms with Gasteiger partial charge >= 0.3 is 0 Å². The van der Waals surface area contributed by atoms with Crippen molar-refractivity contribution in [2.75, 3.05) is 32.8 Å². The van der Waals surface area contributed by atoms with Gasteiger partial charge in [0.15, 0.2) is 5.78 Å². The van der Waals surface area contributed by atoms with Gasteiger partial charge in [-0.2, -0.15) is 0 Å². The summed E-state index contributed by atoms with van der Waals surface area (Å²) in [4.78, 5) is 15.6. The molecular weight excluding hydrogens is 407 g/mol. The number of carbonyl (C=O) groups is 1. The van der Waals surface area contributed by atoms with Crippen molar-refractivity contribution in [1.29, 1.82) is 0 Å². The molecule has 0 amide bonds. The van der Waals surface area contributed by atoms with E-state index in [4.69, 9.17) is 4.74 Å². The third kappa shape index (κ3) is 4.51. The number of aryl methyl sites for hydroxylation is 1. The molecule has 1 aliphatic rings. The lowest BCUT2D eigenvalue weighted by atomic mass is 10.0. The minimum absolute atomic E-state index is 0. The molecule has 0 atom stereocenters. The molecule has 5 nitrogen and oxygen atoms in total. The molecule has 1 saturated heterocycles. The molecule has 0 unspecified atom stereocenters. The van der Waals surface area contributed by atoms with Crippen LogP contribution in [-0.2, 0) is 11.3 Å². The van der Waals surface area contributed by atoms with Crippen molar-refractivity contribution in [1.82, 2.24) is 9.47 Å². The average Bonchev–Trinajstić information content (AvgIpc) is 2.99. The summed E-state index contributed by atoms with van der Waals surface area (Å²) < 4.78 is 21.5. The van der Waals surface area contributed by atoms with Gasteiger partial charge in [0, 0.05) is 48.3 Å². The molecule has 2 heterocycles. The molecule has 1 aliphatic heterocycles. The van der Waals surface area contributed by atoms with Gasteiger partial charge in [-0.15, -0.1) is 12.4 Å². The number of phenolic OH excluding ortho intramolecular Hbond substituents is 1. The Labute approximate surface area is 181 Å². The van der Waals surface area contributed by atoms with Crippen molar-refractivity contribution in [3.05, 3.63) is 65.1 Å². The summed E-state index contributed by atoms with van der Waals surface area (Å²) in [6, 6.07) is 10.8. The first-order valence-electron chi connectivity index (χ1n) is 9.97. The van der Waals surface area contributed by atoms with Crippen LogP contribution >= 0.6 is 12.4 Å². The predicted molar refractivity (Wildman–Crippen MR) is 117 cm³/mol. The van der Waals surface area contributed by atoms with Crippen molar-refractivity contribution in [3.8, 4) is 5.75 Å². The summed E-state index contributed by atoms with van der Waals surface area (Å²) in [5, 5.41) is 10.1. The van der Waals surface area contributed by atoms with Crippen LogP contribution in [-0.4, -0.2) is 53.2 Å². The Kier molecular flexibility index (Phi) is 7.13. The van der Waals surface area contributed by atoms with E-state index in [2.05, 4.69) is 9.47 Å². The molecule has 3 aromatic rings. The smallest absolute Gasteiger partial charge is 0.195 e. The zero-order valence-corrected chi connectivity index (χ0v) is 17.8. The van der Waals surface area contributed by atoms with Gasteiger partial charge < -0.3 is 14.4 Å². The van der Waals surface area contributed by atoms with Gasteiger partial charge in [0.25, 0.3) is 0 Å². The fraction of sp³-hybridized carbons (Fsp3) is 0.348. The van der Waals surface area contributed by atoms with E-state index in [0.29, 0.717) is 16.5 Å². The molecule has 0 radical (unpaired) electrons. The van der Waals surface area contributed by atoms with Crippen molar-refractivity contribution >= 4 is 29.1 Å². The number of rotatable bonds is 6. The third-order valence-corrected chi connectivity index (χ3v) is 5.60. The van der Waals surface area contributed by atoms with Crippen LogP contribution in [0.25, 0.3) is 10.9 Å². The second kappa shape index (κ2) is 9.60. The lowest BCUT2D eigenvalue weighted by molar-refractivity contribution is 0.0369. The third-order valence-electron chi connectivity index (χ3n) is 5.60. The lowest BCUT2D eigenvalue weighted by Gasteiger charge is -2.26. The van der Waals surface area contributed by atoms with Crippen LogP contribution < -0.4 is 0 Å². The monoisotopic (exact) mass is 432 g/mol. The molecule has 0 spiro atoms. The van der Waals surface area contributed by atoms with E-state index >= 15 is 0 Å². The molecule has 160 valence electrons. The summed E-state index contributed by atoms with van der Waals surface area (Å²) in [6.45, 7) is 7.08. The summed E-state index contributed by atoms with van der Waals surface area (Å²) in [6.07, 6.45) is 0.939. The Morgan fingerprint density at radius 1 is 1.10 bits per heavy atom. The van der Waals surface area contributed by atoms with Crippen molar-refractivity contribution in [3.63, 3.8) is 0 Å². The number of halogens is 2. The molecule has 1 N–H and O–H groups in total. The van der Waals surface area contributed by atoms with Gasteiger partial charge in [-0.3, -0.25) is 9.69 Å². The van der Waals surface area contributed by atoms with Crippen LogP contribution in [0.15, 0.2) is 42.5 Å². The van der Waals surface area contributed by atoms with Crippen LogP contribution in [0.5, 0.6) is 5.75 Å². The highest BCUT2D eigenvalue weighted by Crippen LogP contribution is 2.29. The second-order valence-corrected chi connectivity index (χ2v) is 7.46. The highest BCUT2D eigenvalue weighted by Gasteiger charge is 2.22. The molecule has 2 aromatic carbocycles. The Balaban J connectivity index is 0.00000256. The van der Waals surface area contributed by atoms with E-state index < -0.39 is 0 Å². The van der Waals surface area contributed by atoms with Crippen LogP contribution in [0, 0.1) is 12.7 Å². The number of ether oxygens (including phenoxy) is 1. The van der Waals surface area contributed by atoms with Gasteiger partial charge in [-0.1, -0.05) is 0 Å². The lowest BCUT2D eigenvalue weighted by Crippen LogP contribution is -2.37. The van der Waals surface area contributed by atoms with Gasteiger partial charge in [-0.25, -0.2) is 4.39 Å². The number of phenols is 1.